The predicted molar refractivity (Wildman–Crippen MR) is 48.8 cm³/mol. The van der Waals surface area contributed by atoms with Gasteiger partial charge in [0.25, 0.3) is 0 Å². The van der Waals surface area contributed by atoms with Gasteiger partial charge in [-0.2, -0.15) is 5.26 Å². The third-order valence-electron chi connectivity index (χ3n) is 1.05. The van der Waals surface area contributed by atoms with E-state index in [1.54, 1.807) is 0 Å². The third-order valence-corrected chi connectivity index (χ3v) is 1.98. The summed E-state index contributed by atoms with van der Waals surface area (Å²) in [6.45, 7) is 2.45. The first-order chi connectivity index (χ1) is 5.81. The number of thioether (sulfide) groups is 1. The van der Waals surface area contributed by atoms with Crippen LogP contribution in [0.15, 0.2) is 0 Å². The van der Waals surface area contributed by atoms with Crippen LogP contribution in [0.1, 0.15) is 19.8 Å². The van der Waals surface area contributed by atoms with E-state index < -0.39 is 0 Å². The van der Waals surface area contributed by atoms with E-state index >= 15 is 0 Å². The van der Waals surface area contributed by atoms with Crippen LogP contribution in [0.5, 0.6) is 0 Å². The molecule has 0 fully saturated rings. The van der Waals surface area contributed by atoms with Crippen LogP contribution in [0.25, 0.3) is 0 Å². The fourth-order valence-electron chi connectivity index (χ4n) is 0.531. The van der Waals surface area contributed by atoms with E-state index in [-0.39, 0.29) is 5.97 Å². The Hall–Kier alpha value is -0.690. The van der Waals surface area contributed by atoms with E-state index in [4.69, 9.17) is 10.00 Å². The SMILES string of the molecule is CCCOC(=O)CSCCC#N. The zero-order chi connectivity index (χ0) is 9.23. The van der Waals surface area contributed by atoms with Crippen LogP contribution in [0.2, 0.25) is 0 Å². The number of hydrogen-bond acceptors (Lipinski definition) is 4. The summed E-state index contributed by atoms with van der Waals surface area (Å²) in [5.74, 6) is 0.888. The summed E-state index contributed by atoms with van der Waals surface area (Å²) in [5, 5.41) is 8.19. The smallest absolute Gasteiger partial charge is 0.315 e. The average Bonchev–Trinajstić information content (AvgIpc) is 2.09. The zero-order valence-electron chi connectivity index (χ0n) is 7.21. The highest BCUT2D eigenvalue weighted by Crippen LogP contribution is 2.02. The molecule has 0 aliphatic carbocycles. The maximum Gasteiger partial charge on any atom is 0.315 e. The molecule has 3 nitrogen and oxygen atoms in total. The first-order valence-corrected chi connectivity index (χ1v) is 5.07. The Morgan fingerprint density at radius 2 is 2.42 bits per heavy atom. The third kappa shape index (κ3) is 7.42. The second-order valence-corrected chi connectivity index (χ2v) is 3.29. The van der Waals surface area contributed by atoms with Crippen molar-refractivity contribution >= 4 is 17.7 Å². The maximum atomic E-state index is 10.8. The number of nitriles is 1. The van der Waals surface area contributed by atoms with E-state index in [1.807, 2.05) is 13.0 Å². The quantitative estimate of drug-likeness (QED) is 0.468. The largest absolute Gasteiger partial charge is 0.465 e. The highest BCUT2D eigenvalue weighted by atomic mass is 32.2. The highest BCUT2D eigenvalue weighted by Gasteiger charge is 2.00. The molecule has 4 heteroatoms. The molecule has 0 bridgehead atoms. The standard InChI is InChI=1S/C8H13NO2S/c1-2-5-11-8(10)7-12-6-3-4-9/h2-3,5-7H2,1H3. The summed E-state index contributed by atoms with van der Waals surface area (Å²) >= 11 is 1.44. The molecule has 0 saturated heterocycles. The van der Waals surface area contributed by atoms with E-state index in [9.17, 15) is 4.79 Å². The fourth-order valence-corrected chi connectivity index (χ4v) is 1.16. The molecule has 12 heavy (non-hydrogen) atoms. The molecule has 0 aromatic rings. The number of ether oxygens (including phenoxy) is 1. The number of rotatable bonds is 6. The van der Waals surface area contributed by atoms with Crippen LogP contribution in [-0.4, -0.2) is 24.1 Å². The second kappa shape index (κ2) is 8.41. The molecule has 0 aliphatic rings. The first-order valence-electron chi connectivity index (χ1n) is 3.91. The summed E-state index contributed by atoms with van der Waals surface area (Å²) in [6, 6.07) is 2.01. The van der Waals surface area contributed by atoms with Gasteiger partial charge < -0.3 is 4.74 Å². The van der Waals surface area contributed by atoms with Crippen LogP contribution >= 0.6 is 11.8 Å². The summed E-state index contributed by atoms with van der Waals surface area (Å²) in [7, 11) is 0. The molecule has 68 valence electrons. The van der Waals surface area contributed by atoms with Crippen molar-refractivity contribution in [1.29, 1.82) is 5.26 Å². The van der Waals surface area contributed by atoms with Gasteiger partial charge in [0.15, 0.2) is 0 Å². The Kier molecular flexibility index (Phi) is 7.92. The molecule has 0 aromatic heterocycles. The van der Waals surface area contributed by atoms with Gasteiger partial charge in [0.2, 0.25) is 0 Å². The minimum Gasteiger partial charge on any atom is -0.465 e. The van der Waals surface area contributed by atoms with Crippen molar-refractivity contribution in [3.8, 4) is 6.07 Å². The Bertz CT molecular complexity index is 165. The minimum absolute atomic E-state index is 0.181. The topological polar surface area (TPSA) is 50.1 Å². The molecule has 0 aromatic carbocycles. The zero-order valence-corrected chi connectivity index (χ0v) is 8.02. The summed E-state index contributed by atoms with van der Waals surface area (Å²) in [4.78, 5) is 10.8. The number of nitrogens with zero attached hydrogens (tertiary/aromatic N) is 1. The molecular formula is C8H13NO2S. The maximum absolute atomic E-state index is 10.8. The lowest BCUT2D eigenvalue weighted by Crippen LogP contribution is -2.08. The van der Waals surface area contributed by atoms with Gasteiger partial charge in [-0.25, -0.2) is 0 Å². The second-order valence-electron chi connectivity index (χ2n) is 2.18. The van der Waals surface area contributed by atoms with Crippen molar-refractivity contribution in [3.05, 3.63) is 0 Å². The van der Waals surface area contributed by atoms with Crippen molar-refractivity contribution < 1.29 is 9.53 Å². The average molecular weight is 187 g/mol. The minimum atomic E-state index is -0.181. The Morgan fingerprint density at radius 3 is 3.00 bits per heavy atom. The summed E-state index contributed by atoms with van der Waals surface area (Å²) in [6.07, 6.45) is 1.35. The van der Waals surface area contributed by atoms with Crippen LogP contribution in [0, 0.1) is 11.3 Å². The van der Waals surface area contributed by atoms with E-state index in [0.717, 1.165) is 6.42 Å². The first kappa shape index (κ1) is 11.3. The summed E-state index contributed by atoms with van der Waals surface area (Å²) in [5.41, 5.74) is 0. The molecule has 0 atom stereocenters. The van der Waals surface area contributed by atoms with Crippen LogP contribution in [-0.2, 0) is 9.53 Å². The number of carbonyl (C=O) groups excluding carboxylic acids is 1. The highest BCUT2D eigenvalue weighted by molar-refractivity contribution is 7.99. The monoisotopic (exact) mass is 187 g/mol. The van der Waals surface area contributed by atoms with Gasteiger partial charge >= 0.3 is 5.97 Å². The lowest BCUT2D eigenvalue weighted by molar-refractivity contribution is -0.140. The lowest BCUT2D eigenvalue weighted by Gasteiger charge is -2.00. The number of carbonyl (C=O) groups is 1. The van der Waals surface area contributed by atoms with Crippen LogP contribution in [0.3, 0.4) is 0 Å². The number of esters is 1. The van der Waals surface area contributed by atoms with E-state index in [1.165, 1.54) is 11.8 Å². The van der Waals surface area contributed by atoms with Crippen LogP contribution in [0.4, 0.5) is 0 Å². The Balaban J connectivity index is 3.15. The summed E-state index contributed by atoms with van der Waals surface area (Å²) < 4.78 is 4.83. The fraction of sp³-hybridized carbons (Fsp3) is 0.750. The van der Waals surface area contributed by atoms with Gasteiger partial charge in [-0.1, -0.05) is 6.92 Å². The van der Waals surface area contributed by atoms with Gasteiger partial charge in [-0.15, -0.1) is 11.8 Å². The molecule has 0 radical (unpaired) electrons. The van der Waals surface area contributed by atoms with Gasteiger partial charge in [0, 0.05) is 12.2 Å². The van der Waals surface area contributed by atoms with E-state index in [0.29, 0.717) is 24.5 Å². The molecule has 0 heterocycles. The van der Waals surface area contributed by atoms with Gasteiger partial charge in [-0.3, -0.25) is 4.79 Å². The molecular weight excluding hydrogens is 174 g/mol. The normalized spacial score (nSPS) is 9.00. The van der Waals surface area contributed by atoms with Gasteiger partial charge in [0.1, 0.15) is 0 Å². The molecule has 0 unspecified atom stereocenters. The molecule has 0 N–H and O–H groups in total. The van der Waals surface area contributed by atoms with Crippen molar-refractivity contribution in [3.63, 3.8) is 0 Å². The van der Waals surface area contributed by atoms with E-state index in [2.05, 4.69) is 0 Å². The van der Waals surface area contributed by atoms with Crippen LogP contribution < -0.4 is 0 Å². The Morgan fingerprint density at radius 1 is 1.67 bits per heavy atom. The molecule has 0 aliphatic heterocycles. The number of hydrogen-bond donors (Lipinski definition) is 0. The van der Waals surface area contributed by atoms with Gasteiger partial charge in [-0.05, 0) is 6.42 Å². The molecule has 0 spiro atoms. The molecule has 0 amide bonds. The van der Waals surface area contributed by atoms with Crippen molar-refractivity contribution in [2.24, 2.45) is 0 Å². The predicted octanol–water partition coefficient (Wildman–Crippen LogP) is 1.59. The van der Waals surface area contributed by atoms with Crippen molar-refractivity contribution in [2.75, 3.05) is 18.1 Å². The van der Waals surface area contributed by atoms with Crippen molar-refractivity contribution in [1.82, 2.24) is 0 Å². The Labute approximate surface area is 77.1 Å². The molecule has 0 rings (SSSR count). The van der Waals surface area contributed by atoms with Crippen molar-refractivity contribution in [2.45, 2.75) is 19.8 Å². The van der Waals surface area contributed by atoms with Gasteiger partial charge in [0.05, 0.1) is 18.4 Å². The molecule has 0 saturated carbocycles. The lowest BCUT2D eigenvalue weighted by atomic mass is 10.5.